The first-order valence-electron chi connectivity index (χ1n) is 3.43. The Labute approximate surface area is 75.5 Å². The van der Waals surface area contributed by atoms with Gasteiger partial charge < -0.3 is 9.61 Å². The van der Waals surface area contributed by atoms with Gasteiger partial charge >= 0.3 is 6.09 Å². The van der Waals surface area contributed by atoms with Crippen molar-refractivity contribution in [3.63, 3.8) is 0 Å². The van der Waals surface area contributed by atoms with Crippen LogP contribution in [-0.2, 0) is 10.8 Å². The molecule has 0 saturated carbocycles. The third-order valence-corrected chi connectivity index (χ3v) is 1.49. The Kier molecular flexibility index (Phi) is 3.41. The highest BCUT2D eigenvalue weighted by Crippen LogP contribution is 1.97. The van der Waals surface area contributed by atoms with E-state index in [1.54, 1.807) is 0 Å². The van der Waals surface area contributed by atoms with Gasteiger partial charge in [0.05, 0.1) is 0 Å². The van der Waals surface area contributed by atoms with Crippen molar-refractivity contribution in [1.82, 2.24) is 5.32 Å². The lowest BCUT2D eigenvalue weighted by atomic mass is 10.2. The Bertz CT molecular complexity index is 250. The zero-order valence-electron chi connectivity index (χ0n) is 6.29. The number of nitrogens with one attached hydrogen (secondary N) is 1. The summed E-state index contributed by atoms with van der Waals surface area (Å²) in [6.45, 7) is 0.423. The average molecular weight is 186 g/mol. The van der Waals surface area contributed by atoms with E-state index in [1.165, 1.54) is 0 Å². The summed E-state index contributed by atoms with van der Waals surface area (Å²) in [5.41, 5.74) is 1.000. The number of carbonyl (C=O) groups is 1. The summed E-state index contributed by atoms with van der Waals surface area (Å²) in [4.78, 5) is 10.5. The molecule has 0 aromatic heterocycles. The van der Waals surface area contributed by atoms with Crippen LogP contribution in [0.15, 0.2) is 30.3 Å². The van der Waals surface area contributed by atoms with E-state index in [0.717, 1.165) is 5.56 Å². The highest BCUT2D eigenvalue weighted by atomic mass is 35.5. The van der Waals surface area contributed by atoms with Crippen molar-refractivity contribution < 1.29 is 9.08 Å². The molecule has 1 N–H and O–H groups in total. The van der Waals surface area contributed by atoms with Crippen LogP contribution in [0.2, 0.25) is 0 Å². The van der Waals surface area contributed by atoms with Crippen molar-refractivity contribution in [2.45, 2.75) is 6.54 Å². The molecule has 1 rings (SSSR count). The van der Waals surface area contributed by atoms with Crippen molar-refractivity contribution in [3.05, 3.63) is 35.9 Å². The molecule has 1 aromatic carbocycles. The highest BCUT2D eigenvalue weighted by Gasteiger charge is 1.98. The van der Waals surface area contributed by atoms with Crippen LogP contribution >= 0.6 is 11.9 Å². The third-order valence-electron chi connectivity index (χ3n) is 1.35. The van der Waals surface area contributed by atoms with E-state index in [0.29, 0.717) is 6.54 Å². The number of rotatable bonds is 2. The first-order chi connectivity index (χ1) is 5.83. The number of halogens is 1. The summed E-state index contributed by atoms with van der Waals surface area (Å²) >= 11 is 4.81. The van der Waals surface area contributed by atoms with Gasteiger partial charge in [-0.1, -0.05) is 30.3 Å². The number of hydrogen-bond acceptors (Lipinski definition) is 2. The largest absolute Gasteiger partial charge is 0.425 e. The van der Waals surface area contributed by atoms with Gasteiger partial charge in [0.1, 0.15) is 11.9 Å². The van der Waals surface area contributed by atoms with Gasteiger partial charge in [-0.15, -0.1) is 0 Å². The molecule has 1 amide bonds. The second-order valence-electron chi connectivity index (χ2n) is 2.20. The smallest absolute Gasteiger partial charge is 0.330 e. The van der Waals surface area contributed by atoms with E-state index in [4.69, 9.17) is 11.9 Å². The van der Waals surface area contributed by atoms with Crippen LogP contribution in [0.5, 0.6) is 0 Å². The SMILES string of the molecule is O=C(NCc1ccccc1)OCl. The third kappa shape index (κ3) is 2.80. The molecule has 0 radical (unpaired) electrons. The summed E-state index contributed by atoms with van der Waals surface area (Å²) in [5.74, 6) is 0. The normalized spacial score (nSPS) is 9.08. The molecule has 0 aliphatic rings. The first-order valence-corrected chi connectivity index (χ1v) is 3.74. The van der Waals surface area contributed by atoms with Gasteiger partial charge in [-0.05, 0) is 5.56 Å². The minimum Gasteiger partial charge on any atom is -0.330 e. The molecule has 0 atom stereocenters. The van der Waals surface area contributed by atoms with Crippen molar-refractivity contribution in [2.24, 2.45) is 0 Å². The molecule has 0 spiro atoms. The molecule has 64 valence electrons. The van der Waals surface area contributed by atoms with Crippen LogP contribution in [0.3, 0.4) is 0 Å². The zero-order valence-corrected chi connectivity index (χ0v) is 7.04. The summed E-state index contributed by atoms with van der Waals surface area (Å²) in [7, 11) is 0. The van der Waals surface area contributed by atoms with E-state index in [-0.39, 0.29) is 0 Å². The molecular weight excluding hydrogens is 178 g/mol. The second-order valence-corrected chi connectivity index (χ2v) is 2.36. The summed E-state index contributed by atoms with van der Waals surface area (Å²) < 4.78 is 3.89. The van der Waals surface area contributed by atoms with Crippen LogP contribution in [0, 0.1) is 0 Å². The molecule has 3 nitrogen and oxygen atoms in total. The molecule has 0 aliphatic carbocycles. The lowest BCUT2D eigenvalue weighted by Gasteiger charge is -2.00. The number of amides is 1. The molecule has 1 aromatic rings. The van der Waals surface area contributed by atoms with Gasteiger partial charge in [0.25, 0.3) is 0 Å². The molecule has 0 heterocycles. The van der Waals surface area contributed by atoms with Gasteiger partial charge in [0.2, 0.25) is 0 Å². The Balaban J connectivity index is 2.38. The van der Waals surface area contributed by atoms with Crippen molar-refractivity contribution in [1.29, 1.82) is 0 Å². The van der Waals surface area contributed by atoms with Gasteiger partial charge in [-0.3, -0.25) is 0 Å². The maximum absolute atomic E-state index is 10.5. The molecule has 0 aliphatic heterocycles. The van der Waals surface area contributed by atoms with Gasteiger partial charge in [-0.2, -0.15) is 0 Å². The molecule has 12 heavy (non-hydrogen) atoms. The van der Waals surface area contributed by atoms with Gasteiger partial charge in [0, 0.05) is 6.54 Å². The molecule has 0 fully saturated rings. The predicted octanol–water partition coefficient (Wildman–Crippen LogP) is 2.07. The minimum atomic E-state index is -0.638. The van der Waals surface area contributed by atoms with Crippen molar-refractivity contribution in [3.8, 4) is 0 Å². The molecule has 0 bridgehead atoms. The summed E-state index contributed by atoms with van der Waals surface area (Å²) in [6, 6.07) is 9.48. The predicted molar refractivity (Wildman–Crippen MR) is 45.6 cm³/mol. The fraction of sp³-hybridized carbons (Fsp3) is 0.125. The van der Waals surface area contributed by atoms with Crippen LogP contribution in [0.25, 0.3) is 0 Å². The van der Waals surface area contributed by atoms with E-state index < -0.39 is 6.09 Å². The molecule has 0 saturated heterocycles. The Morgan fingerprint density at radius 3 is 2.67 bits per heavy atom. The summed E-state index contributed by atoms with van der Waals surface area (Å²) in [5, 5.41) is 2.46. The maximum atomic E-state index is 10.5. The maximum Gasteiger partial charge on any atom is 0.425 e. The highest BCUT2D eigenvalue weighted by molar-refractivity contribution is 6.12. The topological polar surface area (TPSA) is 38.3 Å². The quantitative estimate of drug-likeness (QED) is 0.766. The second kappa shape index (κ2) is 4.62. The van der Waals surface area contributed by atoms with Gasteiger partial charge in [0.15, 0.2) is 0 Å². The fourth-order valence-corrected chi connectivity index (χ4v) is 0.852. The number of benzene rings is 1. The van der Waals surface area contributed by atoms with E-state index >= 15 is 0 Å². The monoisotopic (exact) mass is 185 g/mol. The van der Waals surface area contributed by atoms with Crippen molar-refractivity contribution >= 4 is 18.0 Å². The van der Waals surface area contributed by atoms with Crippen LogP contribution < -0.4 is 5.32 Å². The van der Waals surface area contributed by atoms with Crippen LogP contribution in [-0.4, -0.2) is 6.09 Å². The minimum absolute atomic E-state index is 0.423. The average Bonchev–Trinajstić information content (AvgIpc) is 2.16. The van der Waals surface area contributed by atoms with Crippen LogP contribution in [0.4, 0.5) is 4.79 Å². The van der Waals surface area contributed by atoms with E-state index in [1.807, 2.05) is 30.3 Å². The molecule has 4 heteroatoms. The summed E-state index contributed by atoms with van der Waals surface area (Å²) in [6.07, 6.45) is -0.638. The lowest BCUT2D eigenvalue weighted by molar-refractivity contribution is 0.204. The van der Waals surface area contributed by atoms with Crippen LogP contribution in [0.1, 0.15) is 5.56 Å². The molecule has 0 unspecified atom stereocenters. The first kappa shape index (κ1) is 8.87. The number of hydrogen-bond donors (Lipinski definition) is 1. The van der Waals surface area contributed by atoms with E-state index in [9.17, 15) is 4.79 Å². The van der Waals surface area contributed by atoms with E-state index in [2.05, 4.69) is 9.61 Å². The lowest BCUT2D eigenvalue weighted by Crippen LogP contribution is -2.20. The van der Waals surface area contributed by atoms with Gasteiger partial charge in [-0.25, -0.2) is 4.79 Å². The Morgan fingerprint density at radius 1 is 1.42 bits per heavy atom. The Hall–Kier alpha value is -1.22. The molecular formula is C8H8ClNO2. The fourth-order valence-electron chi connectivity index (χ4n) is 0.797. The zero-order chi connectivity index (χ0) is 8.81. The standard InChI is InChI=1S/C8H8ClNO2/c9-12-8(11)10-6-7-4-2-1-3-5-7/h1-5H,6H2,(H,10,11). The Morgan fingerprint density at radius 2 is 2.08 bits per heavy atom. The number of carbonyl (C=O) groups excluding carboxylic acids is 1. The van der Waals surface area contributed by atoms with Crippen molar-refractivity contribution in [2.75, 3.05) is 0 Å².